The molecule has 0 spiro atoms. The molecular weight excluding hydrogens is 997 g/mol. The molecule has 6 nitrogen and oxygen atoms in total. The lowest BCUT2D eigenvalue weighted by Crippen LogP contribution is -2.30. The lowest BCUT2D eigenvalue weighted by atomic mass is 10.0. The minimum absolute atomic E-state index is 0.0991. The van der Waals surface area contributed by atoms with Crippen LogP contribution in [-0.2, 0) is 28.6 Å². The first-order valence-corrected chi connectivity index (χ1v) is 35.1. The number of ether oxygens (including phenoxy) is 3. The van der Waals surface area contributed by atoms with Crippen molar-refractivity contribution in [2.75, 3.05) is 13.2 Å². The van der Waals surface area contributed by atoms with Crippen molar-refractivity contribution in [2.24, 2.45) is 0 Å². The first kappa shape index (κ1) is 77.6. The molecular formula is C75H132O6. The van der Waals surface area contributed by atoms with Crippen molar-refractivity contribution in [3.05, 3.63) is 85.1 Å². The highest BCUT2D eigenvalue weighted by Gasteiger charge is 2.19. The molecule has 81 heavy (non-hydrogen) atoms. The van der Waals surface area contributed by atoms with Crippen molar-refractivity contribution in [3.8, 4) is 0 Å². The number of carbonyl (C=O) groups is 3. The molecule has 0 radical (unpaired) electrons. The van der Waals surface area contributed by atoms with Crippen LogP contribution in [0.25, 0.3) is 0 Å². The molecule has 1 unspecified atom stereocenters. The van der Waals surface area contributed by atoms with Gasteiger partial charge in [0.1, 0.15) is 13.2 Å². The van der Waals surface area contributed by atoms with E-state index in [9.17, 15) is 14.4 Å². The van der Waals surface area contributed by atoms with Crippen LogP contribution in [0.2, 0.25) is 0 Å². The van der Waals surface area contributed by atoms with Gasteiger partial charge < -0.3 is 14.2 Å². The normalized spacial score (nSPS) is 12.6. The molecule has 468 valence electrons. The van der Waals surface area contributed by atoms with Crippen LogP contribution in [0.1, 0.15) is 355 Å². The summed E-state index contributed by atoms with van der Waals surface area (Å²) >= 11 is 0. The highest BCUT2D eigenvalue weighted by molar-refractivity contribution is 5.71. The Morgan fingerprint density at radius 1 is 0.259 bits per heavy atom. The molecule has 0 aromatic rings. The Kier molecular flexibility index (Phi) is 66.2. The van der Waals surface area contributed by atoms with Gasteiger partial charge >= 0.3 is 17.9 Å². The maximum Gasteiger partial charge on any atom is 0.306 e. The predicted molar refractivity (Wildman–Crippen MR) is 353 cm³/mol. The molecule has 0 saturated carbocycles. The summed E-state index contributed by atoms with van der Waals surface area (Å²) in [5.74, 6) is -0.951. The van der Waals surface area contributed by atoms with Crippen molar-refractivity contribution < 1.29 is 28.6 Å². The minimum atomic E-state index is -0.810. The maximum atomic E-state index is 12.9. The SMILES string of the molecule is CC/C=C\C/C=C\C/C=C\C/C=C\C/C=C\CCCC(=O)OC(COC(=O)CCCCCCC/C=C\CCCCCCCC)COC(=O)CCCCCCCCCCCCCCCCCCCCC/C=C\CCCCCCCCCC. The van der Waals surface area contributed by atoms with E-state index in [4.69, 9.17) is 14.2 Å². The molecule has 1 atom stereocenters. The standard InChI is InChI=1S/C75H132O6/c1-4-7-10-13-16-19-22-25-28-30-31-32-33-34-35-36-37-38-39-40-41-42-43-45-47-50-53-56-59-62-65-68-74(77)80-71-72(70-79-73(76)67-64-61-58-55-52-49-46-27-24-21-18-15-12-9-6-3)81-75(78)69-66-63-60-57-54-51-48-44-29-26-23-20-17-14-11-8-5-2/h8,11,17,20,26-27,29-31,46,48,51,57,60,72H,4-7,9-10,12-16,18-19,21-25,28,32-45,47,49-50,52-56,58-59,61-71H2,1-3H3/b11-8-,20-17-,29-26-,31-30-,46-27-,51-48-,60-57-. The molecule has 0 aliphatic carbocycles. The fourth-order valence-corrected chi connectivity index (χ4v) is 10.1. The predicted octanol–water partition coefficient (Wildman–Crippen LogP) is 24.2. The van der Waals surface area contributed by atoms with E-state index in [1.807, 2.05) is 0 Å². The Morgan fingerprint density at radius 3 is 0.802 bits per heavy atom. The zero-order chi connectivity index (χ0) is 58.5. The van der Waals surface area contributed by atoms with Gasteiger partial charge in [0.25, 0.3) is 0 Å². The molecule has 0 heterocycles. The van der Waals surface area contributed by atoms with Gasteiger partial charge in [-0.2, -0.15) is 0 Å². The number of hydrogen-bond donors (Lipinski definition) is 0. The Morgan fingerprint density at radius 2 is 0.494 bits per heavy atom. The van der Waals surface area contributed by atoms with Gasteiger partial charge in [-0.3, -0.25) is 14.4 Å². The third-order valence-electron chi connectivity index (χ3n) is 15.4. The monoisotopic (exact) mass is 1130 g/mol. The first-order valence-electron chi connectivity index (χ1n) is 35.1. The molecule has 0 aliphatic rings. The van der Waals surface area contributed by atoms with Crippen LogP contribution in [0.3, 0.4) is 0 Å². The number of rotatable bonds is 64. The molecule has 0 rings (SSSR count). The fraction of sp³-hybridized carbons (Fsp3) is 0.773. The van der Waals surface area contributed by atoms with E-state index in [0.717, 1.165) is 83.5 Å². The number of esters is 3. The molecule has 0 N–H and O–H groups in total. The highest BCUT2D eigenvalue weighted by atomic mass is 16.6. The largest absolute Gasteiger partial charge is 0.462 e. The lowest BCUT2D eigenvalue weighted by molar-refractivity contribution is -0.167. The van der Waals surface area contributed by atoms with Crippen LogP contribution >= 0.6 is 0 Å². The Balaban J connectivity index is 4.25. The quantitative estimate of drug-likeness (QED) is 0.0261. The Bertz CT molecular complexity index is 1530. The number of allylic oxidation sites excluding steroid dienone is 14. The van der Waals surface area contributed by atoms with E-state index < -0.39 is 6.10 Å². The molecule has 0 bridgehead atoms. The molecule has 0 fully saturated rings. The van der Waals surface area contributed by atoms with Crippen LogP contribution in [0.5, 0.6) is 0 Å². The van der Waals surface area contributed by atoms with E-state index >= 15 is 0 Å². The molecule has 0 amide bonds. The second kappa shape index (κ2) is 69.1. The van der Waals surface area contributed by atoms with Crippen molar-refractivity contribution in [1.29, 1.82) is 0 Å². The smallest absolute Gasteiger partial charge is 0.306 e. The summed E-state index contributed by atoms with van der Waals surface area (Å²) < 4.78 is 16.9. The summed E-state index contributed by atoms with van der Waals surface area (Å²) in [6.07, 6.45) is 92.0. The second-order valence-electron chi connectivity index (χ2n) is 23.4. The summed E-state index contributed by atoms with van der Waals surface area (Å²) in [6.45, 7) is 6.51. The van der Waals surface area contributed by atoms with Crippen LogP contribution in [0.4, 0.5) is 0 Å². The maximum absolute atomic E-state index is 12.9. The summed E-state index contributed by atoms with van der Waals surface area (Å²) in [5, 5.41) is 0. The van der Waals surface area contributed by atoms with Crippen LogP contribution < -0.4 is 0 Å². The van der Waals surface area contributed by atoms with Crippen LogP contribution in [0.15, 0.2) is 85.1 Å². The minimum Gasteiger partial charge on any atom is -0.462 e. The molecule has 0 saturated heterocycles. The molecule has 6 heteroatoms. The molecule has 0 aromatic carbocycles. The van der Waals surface area contributed by atoms with Crippen molar-refractivity contribution in [3.63, 3.8) is 0 Å². The van der Waals surface area contributed by atoms with E-state index in [-0.39, 0.29) is 37.5 Å². The second-order valence-corrected chi connectivity index (χ2v) is 23.4. The average molecular weight is 1130 g/mol. The van der Waals surface area contributed by atoms with Crippen molar-refractivity contribution in [2.45, 2.75) is 361 Å². The zero-order valence-corrected chi connectivity index (χ0v) is 53.8. The number of hydrogen-bond acceptors (Lipinski definition) is 6. The summed E-state index contributed by atoms with van der Waals surface area (Å²) in [7, 11) is 0. The van der Waals surface area contributed by atoms with Gasteiger partial charge in [0.15, 0.2) is 6.10 Å². The third-order valence-corrected chi connectivity index (χ3v) is 15.4. The fourth-order valence-electron chi connectivity index (χ4n) is 10.1. The summed E-state index contributed by atoms with van der Waals surface area (Å²) in [6, 6.07) is 0. The molecule has 0 aromatic heterocycles. The third kappa shape index (κ3) is 67.3. The van der Waals surface area contributed by atoms with Crippen LogP contribution in [-0.4, -0.2) is 37.2 Å². The summed E-state index contributed by atoms with van der Waals surface area (Å²) in [5.41, 5.74) is 0. The topological polar surface area (TPSA) is 78.9 Å². The summed E-state index contributed by atoms with van der Waals surface area (Å²) in [4.78, 5) is 38.3. The van der Waals surface area contributed by atoms with E-state index in [1.54, 1.807) is 0 Å². The van der Waals surface area contributed by atoms with Gasteiger partial charge in [-0.15, -0.1) is 0 Å². The van der Waals surface area contributed by atoms with Gasteiger partial charge in [0.2, 0.25) is 0 Å². The van der Waals surface area contributed by atoms with Gasteiger partial charge in [0, 0.05) is 19.3 Å². The number of carbonyl (C=O) groups excluding carboxylic acids is 3. The van der Waals surface area contributed by atoms with E-state index in [2.05, 4.69) is 106 Å². The van der Waals surface area contributed by atoms with Crippen molar-refractivity contribution in [1.82, 2.24) is 0 Å². The van der Waals surface area contributed by atoms with Gasteiger partial charge in [-0.05, 0) is 109 Å². The first-order chi connectivity index (χ1) is 40.0. The van der Waals surface area contributed by atoms with Gasteiger partial charge in [0.05, 0.1) is 0 Å². The zero-order valence-electron chi connectivity index (χ0n) is 53.8. The van der Waals surface area contributed by atoms with Gasteiger partial charge in [-0.1, -0.05) is 311 Å². The lowest BCUT2D eigenvalue weighted by Gasteiger charge is -2.18. The van der Waals surface area contributed by atoms with Gasteiger partial charge in [-0.25, -0.2) is 0 Å². The Labute approximate surface area is 503 Å². The molecule has 0 aliphatic heterocycles. The number of unbranched alkanes of at least 4 members (excludes halogenated alkanes) is 39. The van der Waals surface area contributed by atoms with E-state index in [0.29, 0.717) is 19.3 Å². The van der Waals surface area contributed by atoms with Crippen molar-refractivity contribution >= 4 is 17.9 Å². The highest BCUT2D eigenvalue weighted by Crippen LogP contribution is 2.17. The Hall–Kier alpha value is -3.41. The van der Waals surface area contributed by atoms with Crippen LogP contribution in [0, 0.1) is 0 Å². The average Bonchev–Trinajstić information content (AvgIpc) is 3.47. The van der Waals surface area contributed by atoms with E-state index in [1.165, 1.54) is 225 Å².